The van der Waals surface area contributed by atoms with Gasteiger partial charge in [0.25, 0.3) is 0 Å². The maximum atomic E-state index is 12.9. The van der Waals surface area contributed by atoms with E-state index in [1.54, 1.807) is 0 Å². The van der Waals surface area contributed by atoms with Crippen LogP contribution in [0.15, 0.2) is 72.9 Å². The van der Waals surface area contributed by atoms with Crippen LogP contribution in [0.25, 0.3) is 0 Å². The van der Waals surface area contributed by atoms with E-state index >= 15 is 0 Å². The Kier molecular flexibility index (Phi) is 67.6. The minimum Gasteiger partial charge on any atom is -0.462 e. The van der Waals surface area contributed by atoms with Crippen molar-refractivity contribution in [3.8, 4) is 0 Å². The molecule has 0 fully saturated rings. The fraction of sp³-hybridized carbons (Fsp3) is 0.803. The molecule has 0 aliphatic heterocycles. The Bertz CT molecular complexity index is 1500. The maximum Gasteiger partial charge on any atom is 0.306 e. The van der Waals surface area contributed by atoms with Crippen LogP contribution in [-0.2, 0) is 28.6 Å². The average molecular weight is 1150 g/mol. The smallest absolute Gasteiger partial charge is 0.306 e. The first-order valence-corrected chi connectivity index (χ1v) is 35.9. The van der Waals surface area contributed by atoms with E-state index in [0.29, 0.717) is 19.3 Å². The molecule has 1 unspecified atom stereocenters. The van der Waals surface area contributed by atoms with Crippen LogP contribution in [0, 0.1) is 0 Å². The molecule has 6 nitrogen and oxygen atoms in total. The lowest BCUT2D eigenvalue weighted by molar-refractivity contribution is -0.167. The standard InChI is InChI=1S/C76H136O6/c1-4-7-10-13-16-19-22-24-26-28-30-32-34-35-36-37-38-39-40-41-42-44-45-47-49-51-54-57-60-63-66-69-75(78)81-72-73(71-80-74(77)68-65-62-59-56-53-21-18-15-12-9-6-3)82-76(79)70-67-64-61-58-55-52-50-48-46-43-33-31-29-27-25-23-20-17-14-11-8-5-2/h7,10,16,19,24,26,30,32,35-36,38-39,73H,4-6,8-9,11-15,17-18,20-23,25,27-29,31,33-34,37,40-72H2,1-3H3/b10-7-,19-16-,26-24-,32-30-,36-35-,39-38-. The van der Waals surface area contributed by atoms with Crippen LogP contribution in [0.2, 0.25) is 0 Å². The van der Waals surface area contributed by atoms with Crippen LogP contribution in [0.4, 0.5) is 0 Å². The predicted octanol–water partition coefficient (Wildman–Crippen LogP) is 24.8. The summed E-state index contributed by atoms with van der Waals surface area (Å²) in [6.07, 6.45) is 92.2. The number of esters is 3. The minimum absolute atomic E-state index is 0.0691. The number of hydrogen-bond donors (Lipinski definition) is 0. The first-order valence-electron chi connectivity index (χ1n) is 35.9. The topological polar surface area (TPSA) is 78.9 Å². The van der Waals surface area contributed by atoms with Crippen LogP contribution >= 0.6 is 0 Å². The van der Waals surface area contributed by atoms with Crippen LogP contribution in [-0.4, -0.2) is 37.2 Å². The molecule has 0 aromatic carbocycles. The molecule has 0 aliphatic carbocycles. The van der Waals surface area contributed by atoms with Gasteiger partial charge in [-0.25, -0.2) is 0 Å². The molecule has 0 saturated carbocycles. The summed E-state index contributed by atoms with van der Waals surface area (Å²) >= 11 is 0. The van der Waals surface area contributed by atoms with Crippen LogP contribution < -0.4 is 0 Å². The molecule has 82 heavy (non-hydrogen) atoms. The van der Waals surface area contributed by atoms with E-state index in [0.717, 1.165) is 96.3 Å². The number of carbonyl (C=O) groups is 3. The molecule has 0 bridgehead atoms. The van der Waals surface area contributed by atoms with Gasteiger partial charge >= 0.3 is 17.9 Å². The van der Waals surface area contributed by atoms with Crippen molar-refractivity contribution < 1.29 is 28.6 Å². The summed E-state index contributed by atoms with van der Waals surface area (Å²) in [6.45, 7) is 6.58. The second kappa shape index (κ2) is 70.3. The molecule has 0 heterocycles. The molecule has 0 N–H and O–H groups in total. The summed E-state index contributed by atoms with van der Waals surface area (Å²) in [7, 11) is 0. The zero-order valence-electron chi connectivity index (χ0n) is 54.8. The Labute approximate surface area is 510 Å². The van der Waals surface area contributed by atoms with Gasteiger partial charge in [0.05, 0.1) is 0 Å². The van der Waals surface area contributed by atoms with Crippen molar-refractivity contribution >= 4 is 17.9 Å². The van der Waals surface area contributed by atoms with Crippen LogP contribution in [0.5, 0.6) is 0 Å². The highest BCUT2D eigenvalue weighted by molar-refractivity contribution is 5.71. The molecule has 0 rings (SSSR count). The SMILES string of the molecule is CC/C=C\C/C=C\C/C=C\C/C=C\C/C=C\C/C=C\CCCCCCCCCCCCCCC(=O)OCC(COC(=O)CCCCCCCCCCCCC)OC(=O)CCCCCCCCCCCCCCCCCCCCCCCC. The van der Waals surface area contributed by atoms with Gasteiger partial charge in [-0.2, -0.15) is 0 Å². The molecule has 476 valence electrons. The fourth-order valence-electron chi connectivity index (χ4n) is 10.6. The lowest BCUT2D eigenvalue weighted by Crippen LogP contribution is -2.30. The third kappa shape index (κ3) is 67.6. The van der Waals surface area contributed by atoms with Gasteiger partial charge in [0.1, 0.15) is 13.2 Å². The zero-order chi connectivity index (χ0) is 59.2. The Morgan fingerprint density at radius 1 is 0.256 bits per heavy atom. The summed E-state index contributed by atoms with van der Waals surface area (Å²) in [6, 6.07) is 0. The highest BCUT2D eigenvalue weighted by atomic mass is 16.6. The lowest BCUT2D eigenvalue weighted by Gasteiger charge is -2.18. The third-order valence-electron chi connectivity index (χ3n) is 16.0. The van der Waals surface area contributed by atoms with Gasteiger partial charge in [-0.1, -0.05) is 357 Å². The Balaban J connectivity index is 4.18. The van der Waals surface area contributed by atoms with Gasteiger partial charge < -0.3 is 14.2 Å². The number of allylic oxidation sites excluding steroid dienone is 12. The van der Waals surface area contributed by atoms with Gasteiger partial charge in [-0.05, 0) is 70.6 Å². The van der Waals surface area contributed by atoms with E-state index in [-0.39, 0.29) is 31.1 Å². The second-order valence-electron chi connectivity index (χ2n) is 24.1. The van der Waals surface area contributed by atoms with E-state index in [9.17, 15) is 14.4 Å². The number of carbonyl (C=O) groups excluding carboxylic acids is 3. The Morgan fingerprint density at radius 2 is 0.476 bits per heavy atom. The van der Waals surface area contributed by atoms with Crippen molar-refractivity contribution in [2.45, 2.75) is 380 Å². The van der Waals surface area contributed by atoms with E-state index in [1.807, 2.05) is 0 Å². The number of unbranched alkanes of at least 4 members (excludes halogenated alkanes) is 43. The number of ether oxygens (including phenoxy) is 3. The molecular weight excluding hydrogens is 1010 g/mol. The second-order valence-corrected chi connectivity index (χ2v) is 24.1. The predicted molar refractivity (Wildman–Crippen MR) is 358 cm³/mol. The molecule has 0 spiro atoms. The van der Waals surface area contributed by atoms with Gasteiger partial charge in [-0.3, -0.25) is 14.4 Å². The van der Waals surface area contributed by atoms with Crippen molar-refractivity contribution in [2.75, 3.05) is 13.2 Å². The summed E-state index contributed by atoms with van der Waals surface area (Å²) in [5.41, 5.74) is 0. The van der Waals surface area contributed by atoms with Gasteiger partial charge in [0.2, 0.25) is 0 Å². The van der Waals surface area contributed by atoms with Crippen molar-refractivity contribution in [3.63, 3.8) is 0 Å². The lowest BCUT2D eigenvalue weighted by atomic mass is 10.0. The number of hydrogen-bond acceptors (Lipinski definition) is 6. The fourth-order valence-corrected chi connectivity index (χ4v) is 10.6. The van der Waals surface area contributed by atoms with E-state index in [4.69, 9.17) is 14.2 Å². The molecule has 0 radical (unpaired) electrons. The van der Waals surface area contributed by atoms with Crippen LogP contribution in [0.3, 0.4) is 0 Å². The first-order chi connectivity index (χ1) is 40.5. The highest BCUT2D eigenvalue weighted by Gasteiger charge is 2.19. The molecule has 0 aliphatic rings. The van der Waals surface area contributed by atoms with Gasteiger partial charge in [0, 0.05) is 19.3 Å². The molecule has 6 heteroatoms. The van der Waals surface area contributed by atoms with Crippen molar-refractivity contribution in [1.82, 2.24) is 0 Å². The average Bonchev–Trinajstić information content (AvgIpc) is 3.47. The van der Waals surface area contributed by atoms with E-state index < -0.39 is 6.10 Å². The normalized spacial score (nSPS) is 12.5. The van der Waals surface area contributed by atoms with Crippen LogP contribution in [0.1, 0.15) is 374 Å². The quantitative estimate of drug-likeness (QED) is 0.0261. The van der Waals surface area contributed by atoms with Gasteiger partial charge in [-0.15, -0.1) is 0 Å². The molecular formula is C76H136O6. The summed E-state index contributed by atoms with van der Waals surface area (Å²) in [5, 5.41) is 0. The molecule has 0 aromatic rings. The summed E-state index contributed by atoms with van der Waals surface area (Å²) in [4.78, 5) is 38.4. The zero-order valence-corrected chi connectivity index (χ0v) is 54.8. The highest BCUT2D eigenvalue weighted by Crippen LogP contribution is 2.18. The minimum atomic E-state index is -0.772. The molecule has 0 amide bonds. The van der Waals surface area contributed by atoms with Crippen molar-refractivity contribution in [2.24, 2.45) is 0 Å². The Hall–Kier alpha value is -3.15. The van der Waals surface area contributed by atoms with E-state index in [2.05, 4.69) is 93.7 Å². The third-order valence-corrected chi connectivity index (χ3v) is 16.0. The largest absolute Gasteiger partial charge is 0.462 e. The molecule has 0 saturated heterocycles. The van der Waals surface area contributed by atoms with Crippen molar-refractivity contribution in [3.05, 3.63) is 72.9 Å². The summed E-state index contributed by atoms with van der Waals surface area (Å²) in [5.74, 6) is -0.847. The monoisotopic (exact) mass is 1150 g/mol. The first kappa shape index (κ1) is 78.8. The number of rotatable bonds is 66. The van der Waals surface area contributed by atoms with Crippen molar-refractivity contribution in [1.29, 1.82) is 0 Å². The summed E-state index contributed by atoms with van der Waals surface area (Å²) < 4.78 is 17.0. The molecule has 0 aromatic heterocycles. The molecule has 1 atom stereocenters. The Morgan fingerprint density at radius 3 is 0.744 bits per heavy atom. The maximum absolute atomic E-state index is 12.9. The van der Waals surface area contributed by atoms with Gasteiger partial charge in [0.15, 0.2) is 6.10 Å². The van der Waals surface area contributed by atoms with E-state index in [1.165, 1.54) is 238 Å².